The second-order valence-corrected chi connectivity index (χ2v) is 8.23. The molecular weight excluding hydrogens is 408 g/mol. The Hall–Kier alpha value is -3.69. The van der Waals surface area contributed by atoms with Gasteiger partial charge in [-0.25, -0.2) is 9.67 Å². The number of nitrogens with zero attached hydrogens (tertiary/aromatic N) is 7. The Labute approximate surface area is 183 Å². The molecule has 3 unspecified atom stereocenters. The first-order valence-electron chi connectivity index (χ1n) is 10.6. The predicted molar refractivity (Wildman–Crippen MR) is 118 cm³/mol. The van der Waals surface area contributed by atoms with Gasteiger partial charge in [-0.3, -0.25) is 14.8 Å². The van der Waals surface area contributed by atoms with E-state index < -0.39 is 0 Å². The van der Waals surface area contributed by atoms with Gasteiger partial charge in [-0.1, -0.05) is 6.07 Å². The van der Waals surface area contributed by atoms with Crippen molar-refractivity contribution in [1.82, 2.24) is 34.9 Å². The first-order valence-corrected chi connectivity index (χ1v) is 10.6. The smallest absolute Gasteiger partial charge is 0.262 e. The van der Waals surface area contributed by atoms with Gasteiger partial charge in [0.2, 0.25) is 11.8 Å². The highest BCUT2D eigenvalue weighted by molar-refractivity contribution is 5.95. The lowest BCUT2D eigenvalue weighted by molar-refractivity contribution is 0.273. The van der Waals surface area contributed by atoms with Crippen molar-refractivity contribution in [3.8, 4) is 0 Å². The quantitative estimate of drug-likeness (QED) is 0.480. The molecule has 1 fully saturated rings. The fourth-order valence-electron chi connectivity index (χ4n) is 4.20. The molecular formula is C22H24N8O2. The summed E-state index contributed by atoms with van der Waals surface area (Å²) in [4.78, 5) is 29.5. The third kappa shape index (κ3) is 3.31. The van der Waals surface area contributed by atoms with E-state index in [0.29, 0.717) is 34.3 Å². The van der Waals surface area contributed by atoms with E-state index in [2.05, 4.69) is 30.3 Å². The van der Waals surface area contributed by atoms with Crippen LogP contribution < -0.4 is 5.56 Å². The molecule has 5 rings (SSSR count). The van der Waals surface area contributed by atoms with E-state index in [1.165, 1.54) is 0 Å². The summed E-state index contributed by atoms with van der Waals surface area (Å²) in [5.41, 5.74) is 2.71. The van der Waals surface area contributed by atoms with Crippen molar-refractivity contribution in [3.63, 3.8) is 0 Å². The monoisotopic (exact) mass is 432 g/mol. The van der Waals surface area contributed by atoms with E-state index in [-0.39, 0.29) is 23.4 Å². The van der Waals surface area contributed by atoms with Crippen LogP contribution in [0.25, 0.3) is 11.0 Å². The molecule has 1 N–H and O–H groups in total. The molecule has 0 spiro atoms. The highest BCUT2D eigenvalue weighted by Gasteiger charge is 2.39. The zero-order valence-electron chi connectivity index (χ0n) is 18.4. The summed E-state index contributed by atoms with van der Waals surface area (Å²) >= 11 is 0. The Kier molecular flexibility index (Phi) is 4.91. The molecule has 10 heteroatoms. The van der Waals surface area contributed by atoms with Crippen molar-refractivity contribution in [2.45, 2.75) is 51.5 Å². The van der Waals surface area contributed by atoms with E-state index in [4.69, 9.17) is 9.40 Å². The summed E-state index contributed by atoms with van der Waals surface area (Å²) in [7, 11) is 1.65. The fourth-order valence-corrected chi connectivity index (χ4v) is 4.20. The van der Waals surface area contributed by atoms with Gasteiger partial charge in [-0.05, 0) is 38.3 Å². The molecule has 0 bridgehead atoms. The maximum absolute atomic E-state index is 13.1. The molecule has 4 aromatic rings. The van der Waals surface area contributed by atoms with E-state index in [1.807, 2.05) is 32.2 Å². The molecule has 0 amide bonds. The van der Waals surface area contributed by atoms with Crippen LogP contribution in [0.4, 0.5) is 0 Å². The van der Waals surface area contributed by atoms with Crippen molar-refractivity contribution in [3.05, 3.63) is 63.2 Å². The van der Waals surface area contributed by atoms with Gasteiger partial charge in [0.15, 0.2) is 5.65 Å². The van der Waals surface area contributed by atoms with Crippen LogP contribution in [-0.2, 0) is 0 Å². The van der Waals surface area contributed by atoms with Crippen LogP contribution in [-0.4, -0.2) is 48.2 Å². The molecule has 32 heavy (non-hydrogen) atoms. The number of hydrogen-bond acceptors (Lipinski definition) is 8. The molecule has 1 aliphatic rings. The third-order valence-electron chi connectivity index (χ3n) is 6.13. The maximum atomic E-state index is 13.1. The second-order valence-electron chi connectivity index (χ2n) is 8.23. The Bertz CT molecular complexity index is 1370. The van der Waals surface area contributed by atoms with Crippen LogP contribution in [0.1, 0.15) is 72.2 Å². The second kappa shape index (κ2) is 7.77. The average Bonchev–Trinajstić information content (AvgIpc) is 3.31. The van der Waals surface area contributed by atoms with Crippen LogP contribution in [0, 0.1) is 13.8 Å². The number of rotatable bonds is 5. The number of H-pyrrole nitrogens is 1. The number of fused-ring (bicyclic) bond motifs is 1. The minimum atomic E-state index is -0.229. The minimum Gasteiger partial charge on any atom is -0.425 e. The van der Waals surface area contributed by atoms with E-state index in [1.54, 1.807) is 24.9 Å². The fraction of sp³-hybridized carbons (Fsp3) is 0.409. The van der Waals surface area contributed by atoms with Crippen LogP contribution >= 0.6 is 0 Å². The normalized spacial score (nSPS) is 19.5. The first-order chi connectivity index (χ1) is 15.5. The zero-order chi connectivity index (χ0) is 22.4. The Morgan fingerprint density at radius 3 is 2.69 bits per heavy atom. The van der Waals surface area contributed by atoms with Gasteiger partial charge in [0, 0.05) is 43.9 Å². The number of pyridine rings is 1. The number of aryl methyl sites for hydroxylation is 2. The van der Waals surface area contributed by atoms with Crippen molar-refractivity contribution in [2.24, 2.45) is 4.99 Å². The largest absolute Gasteiger partial charge is 0.425 e. The molecule has 0 aliphatic heterocycles. The zero-order valence-corrected chi connectivity index (χ0v) is 18.4. The van der Waals surface area contributed by atoms with Crippen LogP contribution in [0.2, 0.25) is 0 Å². The van der Waals surface area contributed by atoms with Crippen molar-refractivity contribution >= 4 is 17.2 Å². The SMILES string of the molecule is CN=Cc1nn(C(C)c2ccc(C)nc2)c2nc(C3CCC3c3nnc(C)o3)[nH]c(=O)c12. The molecule has 1 aliphatic carbocycles. The van der Waals surface area contributed by atoms with Crippen molar-refractivity contribution in [1.29, 1.82) is 0 Å². The van der Waals surface area contributed by atoms with Gasteiger partial charge in [0.25, 0.3) is 5.56 Å². The summed E-state index contributed by atoms with van der Waals surface area (Å²) in [5, 5.41) is 13.2. The summed E-state index contributed by atoms with van der Waals surface area (Å²) in [6.07, 6.45) is 5.21. The van der Waals surface area contributed by atoms with Gasteiger partial charge < -0.3 is 9.40 Å². The van der Waals surface area contributed by atoms with Crippen LogP contribution in [0.15, 0.2) is 32.5 Å². The maximum Gasteiger partial charge on any atom is 0.262 e. The summed E-state index contributed by atoms with van der Waals surface area (Å²) < 4.78 is 7.42. The molecule has 164 valence electrons. The van der Waals surface area contributed by atoms with E-state index in [0.717, 1.165) is 24.1 Å². The molecule has 4 aromatic heterocycles. The van der Waals surface area contributed by atoms with Crippen LogP contribution in [0.5, 0.6) is 0 Å². The van der Waals surface area contributed by atoms with Gasteiger partial charge in [0.1, 0.15) is 16.9 Å². The lowest BCUT2D eigenvalue weighted by Crippen LogP contribution is -2.27. The number of aliphatic imine (C=N–C) groups is 1. The minimum absolute atomic E-state index is 0.00920. The summed E-state index contributed by atoms with van der Waals surface area (Å²) in [6, 6.07) is 3.81. The number of hydrogen-bond donors (Lipinski definition) is 1. The molecule has 3 atom stereocenters. The standard InChI is InChI=1S/C22H24N8O2/c1-11-5-6-14(9-24-11)12(2)30-20-18(17(29-30)10-23-4)21(31)26-19(25-20)15-7-8-16(15)22-28-27-13(3)32-22/h5-6,9-10,12,15-16H,7-8H2,1-4H3,(H,25,26,31). The Morgan fingerprint density at radius 2 is 2.06 bits per heavy atom. The predicted octanol–water partition coefficient (Wildman–Crippen LogP) is 2.83. The molecule has 10 nitrogen and oxygen atoms in total. The molecule has 1 saturated carbocycles. The van der Waals surface area contributed by atoms with Gasteiger partial charge in [-0.2, -0.15) is 5.10 Å². The van der Waals surface area contributed by atoms with Gasteiger partial charge >= 0.3 is 0 Å². The molecule has 0 aromatic carbocycles. The van der Waals surface area contributed by atoms with Gasteiger partial charge in [0.05, 0.1) is 6.04 Å². The molecule has 0 radical (unpaired) electrons. The van der Waals surface area contributed by atoms with Crippen LogP contribution in [0.3, 0.4) is 0 Å². The van der Waals surface area contributed by atoms with E-state index >= 15 is 0 Å². The third-order valence-corrected chi connectivity index (χ3v) is 6.13. The first kappa shape index (κ1) is 20.2. The number of nitrogens with one attached hydrogen (secondary N) is 1. The topological polar surface area (TPSA) is 128 Å². The average molecular weight is 432 g/mol. The number of aromatic nitrogens is 7. The van der Waals surface area contributed by atoms with Gasteiger partial charge in [-0.15, -0.1) is 10.2 Å². The molecule has 0 saturated heterocycles. The highest BCUT2D eigenvalue weighted by Crippen LogP contribution is 2.47. The number of aromatic amines is 1. The van der Waals surface area contributed by atoms with Crippen molar-refractivity contribution < 1.29 is 4.42 Å². The lowest BCUT2D eigenvalue weighted by atomic mass is 9.73. The Morgan fingerprint density at radius 1 is 1.25 bits per heavy atom. The summed E-state index contributed by atoms with van der Waals surface area (Å²) in [6.45, 7) is 5.73. The highest BCUT2D eigenvalue weighted by atomic mass is 16.4. The van der Waals surface area contributed by atoms with E-state index in [9.17, 15) is 4.79 Å². The Balaban J connectivity index is 1.62. The molecule has 4 heterocycles. The summed E-state index contributed by atoms with van der Waals surface area (Å²) in [5.74, 6) is 1.79. The van der Waals surface area contributed by atoms with Crippen molar-refractivity contribution in [2.75, 3.05) is 7.05 Å². The lowest BCUT2D eigenvalue weighted by Gasteiger charge is -2.32.